The summed E-state index contributed by atoms with van der Waals surface area (Å²) >= 11 is -1.35. The largest absolute Gasteiger partial charge is 0.609 e. The van der Waals surface area contributed by atoms with Crippen molar-refractivity contribution in [2.75, 3.05) is 55.4 Å². The lowest BCUT2D eigenvalue weighted by Crippen LogP contribution is -2.49. The molecule has 0 aliphatic carbocycles. The third-order valence-corrected chi connectivity index (χ3v) is 11.4. The van der Waals surface area contributed by atoms with Gasteiger partial charge in [0.25, 0.3) is 0 Å². The molecule has 2 aromatic carbocycles. The highest BCUT2D eigenvalue weighted by molar-refractivity contribution is 7.90. The van der Waals surface area contributed by atoms with Crippen LogP contribution in [0, 0.1) is 6.92 Å². The number of hydrogen-bond acceptors (Lipinski definition) is 9. The number of piperazine rings is 1. The van der Waals surface area contributed by atoms with Gasteiger partial charge in [-0.3, -0.25) is 0 Å². The molecule has 0 saturated carbocycles. The molecule has 47 heavy (non-hydrogen) atoms. The monoisotopic (exact) mass is 675 g/mol. The molecule has 2 aliphatic heterocycles. The first-order valence-electron chi connectivity index (χ1n) is 16.3. The van der Waals surface area contributed by atoms with Crippen molar-refractivity contribution >= 4 is 47.8 Å². The number of aromatic nitrogens is 4. The van der Waals surface area contributed by atoms with E-state index in [1.165, 1.54) is 5.56 Å². The number of amides is 1. The minimum absolute atomic E-state index is 0.0567. The normalized spacial score (nSPS) is 16.7. The van der Waals surface area contributed by atoms with Gasteiger partial charge in [-0.05, 0) is 37.5 Å². The fourth-order valence-corrected chi connectivity index (χ4v) is 8.55. The van der Waals surface area contributed by atoms with Gasteiger partial charge >= 0.3 is 11.2 Å². The summed E-state index contributed by atoms with van der Waals surface area (Å²) in [7, 11) is -1.71. The molecule has 1 fully saturated rings. The third-order valence-electron chi connectivity index (χ3n) is 8.82. The Morgan fingerprint density at radius 3 is 2.45 bits per heavy atom. The van der Waals surface area contributed by atoms with Crippen molar-refractivity contribution in [2.24, 2.45) is 0 Å². The lowest BCUT2D eigenvalue weighted by atomic mass is 10.0. The minimum atomic E-state index is -1.71. The molecule has 1 amide bonds. The molecular formula is C34H45N7O4SSi. The highest BCUT2D eigenvalue weighted by Crippen LogP contribution is 2.37. The first-order valence-corrected chi connectivity index (χ1v) is 21.5. The van der Waals surface area contributed by atoms with Crippen LogP contribution in [0.2, 0.25) is 19.6 Å². The maximum absolute atomic E-state index is 12.8. The van der Waals surface area contributed by atoms with Crippen molar-refractivity contribution in [1.29, 1.82) is 0 Å². The van der Waals surface area contributed by atoms with Crippen molar-refractivity contribution < 1.29 is 18.8 Å². The van der Waals surface area contributed by atoms with E-state index < -0.39 is 19.2 Å². The van der Waals surface area contributed by atoms with Gasteiger partial charge in [-0.2, -0.15) is 15.1 Å². The Morgan fingerprint density at radius 2 is 1.77 bits per heavy atom. The number of anilines is 2. The molecule has 2 aromatic heterocycles. The summed E-state index contributed by atoms with van der Waals surface area (Å²) in [4.78, 5) is 28.8. The molecule has 0 bridgehead atoms. The number of fused-ring (bicyclic) bond motifs is 2. The van der Waals surface area contributed by atoms with E-state index in [1.54, 1.807) is 11.2 Å². The minimum Gasteiger partial charge on any atom is -0.609 e. The molecule has 0 radical (unpaired) electrons. The van der Waals surface area contributed by atoms with E-state index in [1.807, 2.05) is 41.9 Å². The van der Waals surface area contributed by atoms with Crippen LogP contribution < -0.4 is 9.80 Å². The molecule has 1 saturated heterocycles. The second-order valence-corrected chi connectivity index (χ2v) is 19.8. The van der Waals surface area contributed by atoms with Crippen LogP contribution in [0.3, 0.4) is 0 Å². The molecule has 0 N–H and O–H groups in total. The van der Waals surface area contributed by atoms with Crippen molar-refractivity contribution in [2.45, 2.75) is 64.1 Å². The Balaban J connectivity index is 1.23. The summed E-state index contributed by atoms with van der Waals surface area (Å²) in [5.41, 5.74) is 6.21. The number of carbonyl (C=O) groups is 1. The van der Waals surface area contributed by atoms with E-state index in [0.717, 1.165) is 52.2 Å². The molecular weight excluding hydrogens is 631 g/mol. The van der Waals surface area contributed by atoms with Gasteiger partial charge in [0.2, 0.25) is 0 Å². The smallest absolute Gasteiger partial charge is 0.410 e. The topological polar surface area (TPSA) is 112 Å². The Labute approximate surface area is 281 Å². The Bertz CT molecular complexity index is 1720. The number of hydrogen-bond donors (Lipinski definition) is 0. The standard InChI is InChI=1S/C34H45N7O4SSi/c1-7-44-34(47(4,5)6)41-21-27-28(37-41)14-13-24(2)30(27)40-16-15-26-29(22-40)35-32(46(3)43)36-31(26)38-17-19-39(20-18-38)33(42)45-23-25-11-9-8-10-12-25/h8-14,21,34H,7,15-20,22-23H2,1-6H3/t34-,46?/m1/s1. The molecule has 2 aliphatic rings. The summed E-state index contributed by atoms with van der Waals surface area (Å²) in [5.74, 6) is 0.772. The predicted molar refractivity (Wildman–Crippen MR) is 188 cm³/mol. The molecule has 6 rings (SSSR count). The van der Waals surface area contributed by atoms with Gasteiger partial charge in [0.15, 0.2) is 0 Å². The zero-order valence-corrected chi connectivity index (χ0v) is 30.0. The second-order valence-electron chi connectivity index (χ2n) is 13.3. The summed E-state index contributed by atoms with van der Waals surface area (Å²) in [6.07, 6.45) is 4.21. The summed E-state index contributed by atoms with van der Waals surface area (Å²) < 4.78 is 26.6. The van der Waals surface area contributed by atoms with Gasteiger partial charge in [-0.25, -0.2) is 9.48 Å². The van der Waals surface area contributed by atoms with Crippen molar-refractivity contribution in [3.8, 4) is 0 Å². The van der Waals surface area contributed by atoms with E-state index in [-0.39, 0.29) is 18.6 Å². The predicted octanol–water partition coefficient (Wildman–Crippen LogP) is 5.31. The van der Waals surface area contributed by atoms with Gasteiger partial charge in [0.05, 0.1) is 23.4 Å². The summed E-state index contributed by atoms with van der Waals surface area (Å²) in [6, 6.07) is 13.9. The van der Waals surface area contributed by atoms with Gasteiger partial charge in [-0.15, -0.1) is 0 Å². The Kier molecular flexibility index (Phi) is 9.79. The molecule has 2 atom stereocenters. The van der Waals surface area contributed by atoms with Crippen LogP contribution in [0.5, 0.6) is 0 Å². The average molecular weight is 676 g/mol. The average Bonchev–Trinajstić information content (AvgIpc) is 3.48. The van der Waals surface area contributed by atoms with Crippen molar-refractivity contribution in [3.63, 3.8) is 0 Å². The summed E-state index contributed by atoms with van der Waals surface area (Å²) in [5, 5.41) is 6.42. The van der Waals surface area contributed by atoms with E-state index in [0.29, 0.717) is 44.5 Å². The highest BCUT2D eigenvalue weighted by atomic mass is 32.2. The van der Waals surface area contributed by atoms with E-state index in [4.69, 9.17) is 24.5 Å². The highest BCUT2D eigenvalue weighted by Gasteiger charge is 2.33. The maximum Gasteiger partial charge on any atom is 0.410 e. The lowest BCUT2D eigenvalue weighted by molar-refractivity contribution is 0.0555. The molecule has 4 aromatic rings. The fourth-order valence-electron chi connectivity index (χ4n) is 6.51. The quantitative estimate of drug-likeness (QED) is 0.132. The molecule has 11 nitrogen and oxygen atoms in total. The maximum atomic E-state index is 12.8. The van der Waals surface area contributed by atoms with E-state index in [9.17, 15) is 9.35 Å². The fraction of sp³-hybridized carbons (Fsp3) is 0.471. The number of aryl methyl sites for hydroxylation is 1. The molecule has 4 heterocycles. The van der Waals surface area contributed by atoms with E-state index >= 15 is 0 Å². The summed E-state index contributed by atoms with van der Waals surface area (Å²) in [6.45, 7) is 15.6. The number of rotatable bonds is 9. The Hall–Kier alpha value is -3.65. The first kappa shape index (κ1) is 33.3. The molecule has 250 valence electrons. The van der Waals surface area contributed by atoms with Gasteiger partial charge < -0.3 is 28.7 Å². The van der Waals surface area contributed by atoms with Crippen LogP contribution >= 0.6 is 0 Å². The number of benzene rings is 2. The molecule has 13 heteroatoms. The number of ether oxygens (including phenoxy) is 2. The van der Waals surface area contributed by atoms with Crippen molar-refractivity contribution in [1.82, 2.24) is 24.6 Å². The third kappa shape index (κ3) is 7.13. The van der Waals surface area contributed by atoms with Gasteiger partial charge in [0.1, 0.15) is 32.6 Å². The molecule has 0 spiro atoms. The van der Waals surface area contributed by atoms with Crippen LogP contribution in [0.25, 0.3) is 10.9 Å². The van der Waals surface area contributed by atoms with Crippen LogP contribution in [-0.2, 0) is 40.2 Å². The van der Waals surface area contributed by atoms with Crippen LogP contribution in [0.15, 0.2) is 53.8 Å². The molecule has 1 unspecified atom stereocenters. The SMILES string of the molecule is CCO[C@@H](n1cc2c(N3CCc4c(nc([S+](C)[O-])nc4N4CCN(C(=O)OCc5ccccc5)CC4)C3)c(C)ccc2n1)[Si](C)(C)C. The zero-order chi connectivity index (χ0) is 33.3. The number of carbonyl (C=O) groups excluding carboxylic acids is 1. The van der Waals surface area contributed by atoms with Gasteiger partial charge in [0, 0.05) is 67.7 Å². The second kappa shape index (κ2) is 13.8. The van der Waals surface area contributed by atoms with Crippen LogP contribution in [-0.4, -0.2) is 89.0 Å². The van der Waals surface area contributed by atoms with Crippen molar-refractivity contribution in [3.05, 3.63) is 71.0 Å². The Morgan fingerprint density at radius 1 is 1.02 bits per heavy atom. The van der Waals surface area contributed by atoms with Crippen LogP contribution in [0.1, 0.15) is 35.2 Å². The number of nitrogens with zero attached hydrogens (tertiary/aromatic N) is 7. The lowest BCUT2D eigenvalue weighted by Gasteiger charge is -2.38. The van der Waals surface area contributed by atoms with Crippen LogP contribution in [0.4, 0.5) is 16.3 Å². The van der Waals surface area contributed by atoms with E-state index in [2.05, 4.69) is 54.7 Å². The first-order chi connectivity index (χ1) is 22.5. The zero-order valence-electron chi connectivity index (χ0n) is 28.2. The van der Waals surface area contributed by atoms with Gasteiger partial charge in [-0.1, -0.05) is 56.0 Å².